The lowest BCUT2D eigenvalue weighted by Gasteiger charge is -2.68. The number of nitrogens with one attached hydrogen (secondary N) is 1. The van der Waals surface area contributed by atoms with E-state index in [4.69, 9.17) is 4.98 Å². The fraction of sp³-hybridized carbons (Fsp3) is 0.667. The third-order valence-corrected chi connectivity index (χ3v) is 10.6. The lowest BCUT2D eigenvalue weighted by molar-refractivity contribution is -0.188. The number of amides is 1. The normalized spacial score (nSPS) is 32.4. The van der Waals surface area contributed by atoms with Crippen LogP contribution in [-0.4, -0.2) is 57.5 Å². The number of carbonyl (C=O) groups excluding carboxylic acids is 1. The number of rotatable bonds is 7. The number of hydrogen-bond donors (Lipinski definition) is 1. The quantitative estimate of drug-likeness (QED) is 0.629. The van der Waals surface area contributed by atoms with E-state index in [9.17, 15) is 4.79 Å². The molecule has 3 saturated carbocycles. The summed E-state index contributed by atoms with van der Waals surface area (Å²) in [5.74, 6) is 1.73. The predicted octanol–water partition coefficient (Wildman–Crippen LogP) is 4.40. The summed E-state index contributed by atoms with van der Waals surface area (Å²) in [6, 6.07) is 12.8. The maximum Gasteiger partial charge on any atom is 0.223 e. The van der Waals surface area contributed by atoms with Crippen molar-refractivity contribution in [1.82, 2.24) is 24.7 Å². The molecule has 6 heteroatoms. The van der Waals surface area contributed by atoms with Gasteiger partial charge in [0.2, 0.25) is 5.91 Å². The molecule has 6 nitrogen and oxygen atoms in total. The smallest absolute Gasteiger partial charge is 0.223 e. The number of carbonyl (C=O) groups is 1. The van der Waals surface area contributed by atoms with E-state index in [0.717, 1.165) is 51.4 Å². The number of piperidine rings is 1. The Morgan fingerprint density at radius 3 is 2.75 bits per heavy atom. The third kappa shape index (κ3) is 3.51. The van der Waals surface area contributed by atoms with E-state index in [-0.39, 0.29) is 17.9 Å². The van der Waals surface area contributed by atoms with Crippen LogP contribution in [0.25, 0.3) is 0 Å². The zero-order valence-electron chi connectivity index (χ0n) is 22.0. The van der Waals surface area contributed by atoms with Gasteiger partial charge in [-0.3, -0.25) is 9.69 Å². The predicted molar refractivity (Wildman–Crippen MR) is 141 cm³/mol. The van der Waals surface area contributed by atoms with Gasteiger partial charge in [-0.2, -0.15) is 0 Å². The summed E-state index contributed by atoms with van der Waals surface area (Å²) in [6.45, 7) is 5.47. The fourth-order valence-corrected chi connectivity index (χ4v) is 8.40. The van der Waals surface area contributed by atoms with E-state index in [1.165, 1.54) is 54.9 Å². The van der Waals surface area contributed by atoms with Crippen LogP contribution >= 0.6 is 0 Å². The largest absolute Gasteiger partial charge is 0.349 e. The number of imidazole rings is 1. The molecule has 4 unspecified atom stereocenters. The molecule has 2 aromatic rings. The highest BCUT2D eigenvalue weighted by Crippen LogP contribution is 2.67. The second-order valence-electron chi connectivity index (χ2n) is 12.4. The van der Waals surface area contributed by atoms with Gasteiger partial charge in [0.25, 0.3) is 0 Å². The number of likely N-dealkylation sites (N-methyl/N-ethyl adjacent to an activating group) is 1. The average Bonchev–Trinajstić information content (AvgIpc) is 3.36. The van der Waals surface area contributed by atoms with E-state index >= 15 is 0 Å². The monoisotopic (exact) mass is 487 g/mol. The summed E-state index contributed by atoms with van der Waals surface area (Å²) in [7, 11) is 2.24. The first-order chi connectivity index (χ1) is 17.5. The van der Waals surface area contributed by atoms with Crippen LogP contribution in [-0.2, 0) is 17.8 Å². The molecule has 192 valence electrons. The van der Waals surface area contributed by atoms with Crippen molar-refractivity contribution in [1.29, 1.82) is 0 Å². The van der Waals surface area contributed by atoms with E-state index < -0.39 is 0 Å². The highest BCUT2D eigenvalue weighted by Gasteiger charge is 2.69. The SMILES string of the molecule is Cc1nc2c(n1C1CC3N(CC[C@H](NC(=O)C4CCC4)c4ccccc4)C4CCC43C1)CN(C)CC2. The van der Waals surface area contributed by atoms with Gasteiger partial charge in [0.05, 0.1) is 17.4 Å². The molecule has 5 atom stereocenters. The Bertz CT molecular complexity index is 1140. The molecule has 1 amide bonds. The average molecular weight is 488 g/mol. The molecule has 5 aliphatic rings. The molecule has 0 radical (unpaired) electrons. The number of fused-ring (bicyclic) bond motifs is 1. The van der Waals surface area contributed by atoms with E-state index in [1.807, 2.05) is 0 Å². The number of benzene rings is 1. The lowest BCUT2D eigenvalue weighted by atomic mass is 9.53. The number of likely N-dealkylation sites (tertiary alicyclic amines) is 1. The molecule has 1 spiro atoms. The highest BCUT2D eigenvalue weighted by molar-refractivity contribution is 5.79. The van der Waals surface area contributed by atoms with Gasteiger partial charge in [0.1, 0.15) is 5.82 Å². The Morgan fingerprint density at radius 2 is 2.03 bits per heavy atom. The van der Waals surface area contributed by atoms with Crippen LogP contribution in [0, 0.1) is 18.3 Å². The van der Waals surface area contributed by atoms with Crippen molar-refractivity contribution in [2.24, 2.45) is 11.3 Å². The van der Waals surface area contributed by atoms with Crippen LogP contribution in [0.4, 0.5) is 0 Å². The Labute approximate surface area is 215 Å². The minimum Gasteiger partial charge on any atom is -0.349 e. The van der Waals surface area contributed by atoms with Crippen LogP contribution in [0.2, 0.25) is 0 Å². The number of aryl methyl sites for hydroxylation is 1. The summed E-state index contributed by atoms with van der Waals surface area (Å²) in [5.41, 5.74) is 4.61. The van der Waals surface area contributed by atoms with Crippen LogP contribution in [0.1, 0.15) is 86.2 Å². The molecule has 3 aliphatic carbocycles. The Kier molecular flexibility index (Phi) is 5.55. The van der Waals surface area contributed by atoms with Gasteiger partial charge < -0.3 is 14.8 Å². The zero-order valence-corrected chi connectivity index (χ0v) is 22.0. The third-order valence-electron chi connectivity index (χ3n) is 10.6. The Hall–Kier alpha value is -2.18. The van der Waals surface area contributed by atoms with Gasteiger partial charge in [0.15, 0.2) is 0 Å². The first-order valence-corrected chi connectivity index (χ1v) is 14.4. The molecule has 2 aliphatic heterocycles. The molecule has 1 N–H and O–H groups in total. The molecule has 7 rings (SSSR count). The fourth-order valence-electron chi connectivity index (χ4n) is 8.40. The second kappa shape index (κ2) is 8.70. The topological polar surface area (TPSA) is 53.4 Å². The van der Waals surface area contributed by atoms with E-state index in [2.05, 4.69) is 64.0 Å². The standard InChI is InChI=1S/C30H41N5O/c1-20-31-25-12-15-33(2)19-26(25)35(20)23-17-28-30(18-23)14-11-27(30)34(28)16-13-24(21-7-4-3-5-8-21)32-29(36)22-9-6-10-22/h3-5,7-8,22-24,27-28H,6,9-19H2,1-2H3,(H,32,36)/t23?,24-,27?,28?,30?/m0/s1. The molecular weight excluding hydrogens is 446 g/mol. The van der Waals surface area contributed by atoms with Crippen LogP contribution in [0.5, 0.6) is 0 Å². The van der Waals surface area contributed by atoms with Crippen molar-refractivity contribution in [3.8, 4) is 0 Å². The molecule has 1 aromatic heterocycles. The van der Waals surface area contributed by atoms with Crippen LogP contribution < -0.4 is 5.32 Å². The lowest BCUT2D eigenvalue weighted by Crippen LogP contribution is -2.74. The van der Waals surface area contributed by atoms with Gasteiger partial charge in [0, 0.05) is 55.5 Å². The van der Waals surface area contributed by atoms with Gasteiger partial charge in [-0.1, -0.05) is 36.8 Å². The first kappa shape index (κ1) is 23.0. The number of nitrogens with zero attached hydrogens (tertiary/aromatic N) is 4. The van der Waals surface area contributed by atoms with E-state index in [0.29, 0.717) is 17.5 Å². The molecule has 36 heavy (non-hydrogen) atoms. The summed E-state index contributed by atoms with van der Waals surface area (Å²) in [6.07, 6.45) is 10.7. The first-order valence-electron chi connectivity index (χ1n) is 14.4. The minimum absolute atomic E-state index is 0.116. The Balaban J connectivity index is 1.06. The van der Waals surface area contributed by atoms with Crippen molar-refractivity contribution in [2.45, 2.75) is 95.4 Å². The molecule has 1 saturated heterocycles. The molecule has 0 bridgehead atoms. The molecule has 3 heterocycles. The van der Waals surface area contributed by atoms with Crippen molar-refractivity contribution < 1.29 is 4.79 Å². The van der Waals surface area contributed by atoms with Crippen molar-refractivity contribution in [3.63, 3.8) is 0 Å². The molecular formula is C30H41N5O. The van der Waals surface area contributed by atoms with Gasteiger partial charge in [-0.25, -0.2) is 4.98 Å². The van der Waals surface area contributed by atoms with Crippen molar-refractivity contribution >= 4 is 5.91 Å². The van der Waals surface area contributed by atoms with Crippen LogP contribution in [0.15, 0.2) is 30.3 Å². The summed E-state index contributed by atoms with van der Waals surface area (Å²) in [4.78, 5) is 23.1. The summed E-state index contributed by atoms with van der Waals surface area (Å²) >= 11 is 0. The summed E-state index contributed by atoms with van der Waals surface area (Å²) in [5, 5.41) is 3.44. The zero-order chi connectivity index (χ0) is 24.4. The van der Waals surface area contributed by atoms with E-state index in [1.54, 1.807) is 0 Å². The summed E-state index contributed by atoms with van der Waals surface area (Å²) < 4.78 is 2.64. The van der Waals surface area contributed by atoms with Crippen molar-refractivity contribution in [3.05, 3.63) is 53.1 Å². The van der Waals surface area contributed by atoms with Gasteiger partial charge in [-0.15, -0.1) is 0 Å². The van der Waals surface area contributed by atoms with Crippen molar-refractivity contribution in [2.75, 3.05) is 20.1 Å². The molecule has 4 fully saturated rings. The van der Waals surface area contributed by atoms with Gasteiger partial charge >= 0.3 is 0 Å². The maximum atomic E-state index is 12.9. The highest BCUT2D eigenvalue weighted by atomic mass is 16.2. The second-order valence-corrected chi connectivity index (χ2v) is 12.4. The number of hydrogen-bond acceptors (Lipinski definition) is 4. The molecule has 1 aromatic carbocycles. The maximum absolute atomic E-state index is 12.9. The Morgan fingerprint density at radius 1 is 1.19 bits per heavy atom. The minimum atomic E-state index is 0.116. The number of aromatic nitrogens is 2. The van der Waals surface area contributed by atoms with Crippen LogP contribution in [0.3, 0.4) is 0 Å². The van der Waals surface area contributed by atoms with Gasteiger partial charge in [-0.05, 0) is 64.5 Å².